The molecule has 0 aliphatic carbocycles. The van der Waals surface area contributed by atoms with Gasteiger partial charge in [0, 0.05) is 10.7 Å². The average molecular weight is 392 g/mol. The number of phenolic OH excluding ortho intramolecular Hbond substituents is 1. The molecule has 2 atom stereocenters. The second-order valence-corrected chi connectivity index (χ2v) is 9.08. The molecule has 0 fully saturated rings. The minimum absolute atomic E-state index is 0.147. The average Bonchev–Trinajstić information content (AvgIpc) is 2.74. The van der Waals surface area contributed by atoms with Crippen molar-refractivity contribution in [1.82, 2.24) is 0 Å². The fourth-order valence-electron chi connectivity index (χ4n) is 3.85. The zero-order chi connectivity index (χ0) is 20.1. The maximum atomic E-state index is 11.1. The molecule has 0 aromatic heterocycles. The number of phenols is 1. The molecule has 0 heterocycles. The highest BCUT2D eigenvalue weighted by atomic mass is 31.1. The number of rotatable bonds is 7. The number of para-hydroxylation sites is 1. The van der Waals surface area contributed by atoms with Crippen molar-refractivity contribution in [1.29, 1.82) is 0 Å². The fourth-order valence-corrected chi connectivity index (χ4v) is 5.58. The molecular weight excluding hydrogens is 363 g/mol. The number of aliphatic hydroxyl groups excluding tert-OH is 1. The van der Waals surface area contributed by atoms with Gasteiger partial charge in [0.05, 0.1) is 0 Å². The molecule has 0 aliphatic heterocycles. The summed E-state index contributed by atoms with van der Waals surface area (Å²) in [6, 6.07) is 23.9. The molecule has 3 rings (SSSR count). The van der Waals surface area contributed by atoms with Crippen LogP contribution in [0.5, 0.6) is 5.75 Å². The van der Waals surface area contributed by atoms with E-state index in [0.717, 1.165) is 40.4 Å². The number of aliphatic hydroxyl groups is 1. The summed E-state index contributed by atoms with van der Waals surface area (Å²) in [6.45, 7) is 6.43. The number of aromatic hydroxyl groups is 1. The number of hydrogen-bond acceptors (Lipinski definition) is 2. The van der Waals surface area contributed by atoms with Crippen LogP contribution in [0.2, 0.25) is 0 Å². The summed E-state index contributed by atoms with van der Waals surface area (Å²) < 4.78 is 0. The third-order valence-electron chi connectivity index (χ3n) is 5.62. The van der Waals surface area contributed by atoms with Crippen LogP contribution >= 0.6 is 8.58 Å². The summed E-state index contributed by atoms with van der Waals surface area (Å²) in [6.07, 6.45) is 1.20. The van der Waals surface area contributed by atoms with Gasteiger partial charge in [0.1, 0.15) is 11.9 Å². The minimum atomic E-state index is -0.653. The normalized spacial score (nSPS) is 13.1. The SMILES string of the molecule is CCC(CC)(Pc1ccc(C)cc1C(O)c1ccccc1)c1ccccc1O. The fraction of sp³-hybridized carbons (Fsp3) is 0.280. The minimum Gasteiger partial charge on any atom is -0.508 e. The summed E-state index contributed by atoms with van der Waals surface area (Å²) in [5, 5.41) is 22.7. The Morgan fingerprint density at radius 3 is 2.18 bits per heavy atom. The Balaban J connectivity index is 2.07. The van der Waals surface area contributed by atoms with Crippen LogP contribution in [0.15, 0.2) is 72.8 Å². The number of benzene rings is 3. The van der Waals surface area contributed by atoms with E-state index in [-0.39, 0.29) is 5.16 Å². The Morgan fingerprint density at radius 1 is 0.893 bits per heavy atom. The molecular formula is C25H29O2P. The smallest absolute Gasteiger partial charge is 0.119 e. The molecule has 2 nitrogen and oxygen atoms in total. The molecule has 28 heavy (non-hydrogen) atoms. The van der Waals surface area contributed by atoms with Gasteiger partial charge in [-0.05, 0) is 42.3 Å². The molecule has 146 valence electrons. The third-order valence-corrected chi connectivity index (χ3v) is 7.80. The topological polar surface area (TPSA) is 40.5 Å². The molecule has 3 aromatic rings. The van der Waals surface area contributed by atoms with Crippen LogP contribution < -0.4 is 5.30 Å². The monoisotopic (exact) mass is 392 g/mol. The molecule has 0 radical (unpaired) electrons. The maximum absolute atomic E-state index is 11.1. The van der Waals surface area contributed by atoms with Crippen molar-refractivity contribution in [2.45, 2.75) is 44.9 Å². The molecule has 0 aliphatic rings. The van der Waals surface area contributed by atoms with Gasteiger partial charge in [-0.3, -0.25) is 0 Å². The van der Waals surface area contributed by atoms with E-state index in [2.05, 4.69) is 39.0 Å². The van der Waals surface area contributed by atoms with Crippen molar-refractivity contribution in [3.63, 3.8) is 0 Å². The van der Waals surface area contributed by atoms with Crippen LogP contribution in [0, 0.1) is 6.92 Å². The predicted octanol–water partition coefficient (Wildman–Crippen LogP) is 5.80. The van der Waals surface area contributed by atoms with E-state index in [4.69, 9.17) is 0 Å². The van der Waals surface area contributed by atoms with E-state index >= 15 is 0 Å². The number of aryl methyl sites for hydroxylation is 1. The Kier molecular flexibility index (Phi) is 6.54. The van der Waals surface area contributed by atoms with Gasteiger partial charge in [0.25, 0.3) is 0 Å². The number of hydrogen-bond donors (Lipinski definition) is 2. The first-order chi connectivity index (χ1) is 13.5. The lowest BCUT2D eigenvalue weighted by Gasteiger charge is -2.34. The van der Waals surface area contributed by atoms with Crippen LogP contribution in [-0.2, 0) is 5.16 Å². The first kappa shape index (κ1) is 20.6. The summed E-state index contributed by atoms with van der Waals surface area (Å²) in [7, 11) is 0.453. The quantitative estimate of drug-likeness (QED) is 0.499. The highest BCUT2D eigenvalue weighted by molar-refractivity contribution is 7.48. The van der Waals surface area contributed by atoms with Crippen LogP contribution in [0.4, 0.5) is 0 Å². The molecule has 0 saturated heterocycles. The van der Waals surface area contributed by atoms with Gasteiger partial charge in [-0.2, -0.15) is 0 Å². The standard InChI is InChI=1S/C25H29O2P/c1-4-25(5-2,21-13-9-10-14-22(21)26)28-23-16-15-18(3)17-20(23)24(27)19-11-7-6-8-12-19/h6-17,24,26-28H,4-5H2,1-3H3. The van der Waals surface area contributed by atoms with Crippen LogP contribution in [0.1, 0.15) is 55.0 Å². The van der Waals surface area contributed by atoms with Crippen molar-refractivity contribution in [3.8, 4) is 5.75 Å². The van der Waals surface area contributed by atoms with Crippen LogP contribution in [0.25, 0.3) is 0 Å². The van der Waals surface area contributed by atoms with Crippen molar-refractivity contribution in [2.75, 3.05) is 0 Å². The second-order valence-electron chi connectivity index (χ2n) is 7.34. The van der Waals surface area contributed by atoms with Gasteiger partial charge >= 0.3 is 0 Å². The third kappa shape index (κ3) is 4.14. The maximum Gasteiger partial charge on any atom is 0.119 e. The van der Waals surface area contributed by atoms with Crippen LogP contribution in [0.3, 0.4) is 0 Å². The summed E-state index contributed by atoms with van der Waals surface area (Å²) >= 11 is 0. The van der Waals surface area contributed by atoms with E-state index in [9.17, 15) is 10.2 Å². The summed E-state index contributed by atoms with van der Waals surface area (Å²) in [4.78, 5) is 0. The van der Waals surface area contributed by atoms with E-state index < -0.39 is 6.10 Å². The van der Waals surface area contributed by atoms with E-state index in [1.165, 1.54) is 0 Å². The molecule has 2 unspecified atom stereocenters. The molecule has 0 bridgehead atoms. The lowest BCUT2D eigenvalue weighted by molar-refractivity contribution is 0.221. The zero-order valence-corrected chi connectivity index (χ0v) is 17.8. The Morgan fingerprint density at radius 2 is 1.54 bits per heavy atom. The van der Waals surface area contributed by atoms with Gasteiger partial charge in [0.2, 0.25) is 0 Å². The molecule has 2 N–H and O–H groups in total. The van der Waals surface area contributed by atoms with Gasteiger partial charge in [-0.1, -0.05) is 94.7 Å². The highest BCUT2D eigenvalue weighted by Crippen LogP contribution is 2.50. The Labute approximate surface area is 170 Å². The van der Waals surface area contributed by atoms with Crippen molar-refractivity contribution in [3.05, 3.63) is 95.1 Å². The van der Waals surface area contributed by atoms with E-state index in [0.29, 0.717) is 14.3 Å². The molecule has 3 heteroatoms. The Hall–Kier alpha value is -2.15. The van der Waals surface area contributed by atoms with Crippen molar-refractivity contribution >= 4 is 13.9 Å². The first-order valence-electron chi connectivity index (χ1n) is 9.91. The molecule has 0 spiro atoms. The zero-order valence-electron chi connectivity index (χ0n) is 16.8. The van der Waals surface area contributed by atoms with Crippen molar-refractivity contribution < 1.29 is 10.2 Å². The molecule has 0 saturated carbocycles. The van der Waals surface area contributed by atoms with Gasteiger partial charge in [-0.25, -0.2) is 0 Å². The lowest BCUT2D eigenvalue weighted by Crippen LogP contribution is -2.24. The molecule has 3 aromatic carbocycles. The first-order valence-corrected chi connectivity index (χ1v) is 10.9. The highest BCUT2D eigenvalue weighted by Gasteiger charge is 2.32. The van der Waals surface area contributed by atoms with E-state index in [1.54, 1.807) is 6.07 Å². The largest absolute Gasteiger partial charge is 0.508 e. The second kappa shape index (κ2) is 8.90. The van der Waals surface area contributed by atoms with E-state index in [1.807, 2.05) is 48.5 Å². The lowest BCUT2D eigenvalue weighted by atomic mass is 9.92. The summed E-state index contributed by atoms with van der Waals surface area (Å²) in [5.74, 6) is 0.357. The van der Waals surface area contributed by atoms with Gasteiger partial charge < -0.3 is 10.2 Å². The van der Waals surface area contributed by atoms with Crippen LogP contribution in [-0.4, -0.2) is 10.2 Å². The van der Waals surface area contributed by atoms with Gasteiger partial charge in [-0.15, -0.1) is 0 Å². The Bertz CT molecular complexity index is 917. The van der Waals surface area contributed by atoms with Crippen molar-refractivity contribution in [2.24, 2.45) is 0 Å². The predicted molar refractivity (Wildman–Crippen MR) is 120 cm³/mol. The summed E-state index contributed by atoms with van der Waals surface area (Å²) in [5.41, 5.74) is 4.00. The van der Waals surface area contributed by atoms with Gasteiger partial charge in [0.15, 0.2) is 0 Å². The molecule has 0 amide bonds.